The van der Waals surface area contributed by atoms with Gasteiger partial charge < -0.3 is 29.6 Å². The second-order valence-electron chi connectivity index (χ2n) is 6.09. The van der Waals surface area contributed by atoms with Crippen molar-refractivity contribution < 1.29 is 18.9 Å². The Labute approximate surface area is 127 Å². The summed E-state index contributed by atoms with van der Waals surface area (Å²) in [4.78, 5) is 0. The summed E-state index contributed by atoms with van der Waals surface area (Å²) >= 11 is 0. The Hall–Kier alpha value is -0.240. The molecule has 6 heteroatoms. The van der Waals surface area contributed by atoms with Gasteiger partial charge in [0.15, 0.2) is 12.6 Å². The highest BCUT2D eigenvalue weighted by Gasteiger charge is 2.41. The molecular weight excluding hydrogens is 272 g/mol. The fourth-order valence-electron chi connectivity index (χ4n) is 2.65. The smallest absolute Gasteiger partial charge is 0.157 e. The summed E-state index contributed by atoms with van der Waals surface area (Å²) in [6, 6.07) is 0. The third kappa shape index (κ3) is 5.47. The molecule has 0 amide bonds. The van der Waals surface area contributed by atoms with Crippen LogP contribution in [0.2, 0.25) is 0 Å². The van der Waals surface area contributed by atoms with Crippen LogP contribution in [0.5, 0.6) is 0 Å². The molecule has 2 N–H and O–H groups in total. The molecule has 6 nitrogen and oxygen atoms in total. The first-order valence-corrected chi connectivity index (χ1v) is 8.04. The average Bonchev–Trinajstić information content (AvgIpc) is 2.52. The highest BCUT2D eigenvalue weighted by molar-refractivity contribution is 4.84. The Morgan fingerprint density at radius 3 is 1.48 bits per heavy atom. The highest BCUT2D eigenvalue weighted by atomic mass is 16.7. The lowest BCUT2D eigenvalue weighted by Gasteiger charge is -2.43. The maximum atomic E-state index is 5.83. The Morgan fingerprint density at radius 2 is 1.14 bits per heavy atom. The van der Waals surface area contributed by atoms with Gasteiger partial charge in [0.05, 0.1) is 31.8 Å². The van der Waals surface area contributed by atoms with Crippen molar-refractivity contribution >= 4 is 0 Å². The first kappa shape index (κ1) is 17.1. The number of hydrogen-bond donors (Lipinski definition) is 2. The zero-order valence-electron chi connectivity index (χ0n) is 13.4. The van der Waals surface area contributed by atoms with Crippen molar-refractivity contribution in [2.75, 3.05) is 53.6 Å². The van der Waals surface area contributed by atoms with E-state index in [1.807, 2.05) is 14.1 Å². The fourth-order valence-corrected chi connectivity index (χ4v) is 2.65. The van der Waals surface area contributed by atoms with Crippen LogP contribution in [0.3, 0.4) is 0 Å². The molecule has 2 heterocycles. The van der Waals surface area contributed by atoms with Crippen molar-refractivity contribution in [3.8, 4) is 0 Å². The third-order valence-electron chi connectivity index (χ3n) is 4.03. The van der Waals surface area contributed by atoms with E-state index in [1.54, 1.807) is 0 Å². The number of hydrogen-bond acceptors (Lipinski definition) is 6. The van der Waals surface area contributed by atoms with E-state index in [-0.39, 0.29) is 18.0 Å². The van der Waals surface area contributed by atoms with Crippen molar-refractivity contribution in [1.29, 1.82) is 0 Å². The number of ether oxygens (including phenoxy) is 4. The molecule has 0 unspecified atom stereocenters. The van der Waals surface area contributed by atoms with Crippen LogP contribution in [-0.2, 0) is 18.9 Å². The normalized spacial score (nSPS) is 33.4. The van der Waals surface area contributed by atoms with Crippen LogP contribution >= 0.6 is 0 Å². The zero-order chi connectivity index (χ0) is 15.0. The molecule has 0 aliphatic carbocycles. The zero-order valence-corrected chi connectivity index (χ0v) is 13.4. The summed E-state index contributed by atoms with van der Waals surface area (Å²) in [7, 11) is 3.92. The van der Waals surface area contributed by atoms with Gasteiger partial charge in [-0.15, -0.1) is 0 Å². The molecule has 2 fully saturated rings. The van der Waals surface area contributed by atoms with Gasteiger partial charge in [0, 0.05) is 0 Å². The Kier molecular flexibility index (Phi) is 7.36. The van der Waals surface area contributed by atoms with Crippen LogP contribution in [0.15, 0.2) is 0 Å². The SMILES string of the molecule is CNCCCC1OCC2(CO1)COC(CCCNC)OC2. The van der Waals surface area contributed by atoms with E-state index in [9.17, 15) is 0 Å². The molecule has 0 radical (unpaired) electrons. The molecule has 124 valence electrons. The van der Waals surface area contributed by atoms with Gasteiger partial charge in [-0.2, -0.15) is 0 Å². The molecule has 2 saturated heterocycles. The summed E-state index contributed by atoms with van der Waals surface area (Å²) in [6.45, 7) is 4.66. The van der Waals surface area contributed by atoms with Crippen LogP contribution in [0.4, 0.5) is 0 Å². The van der Waals surface area contributed by atoms with Crippen molar-refractivity contribution in [3.63, 3.8) is 0 Å². The first-order chi connectivity index (χ1) is 10.3. The van der Waals surface area contributed by atoms with Crippen LogP contribution in [0.25, 0.3) is 0 Å². The predicted molar refractivity (Wildman–Crippen MR) is 80.1 cm³/mol. The summed E-state index contributed by atoms with van der Waals surface area (Å²) in [6.07, 6.45) is 3.86. The predicted octanol–water partition coefficient (Wildman–Crippen LogP) is 0.718. The summed E-state index contributed by atoms with van der Waals surface area (Å²) in [5, 5.41) is 6.27. The standard InChI is InChI=1S/C15H30N2O4/c1-16-7-3-5-13-18-9-15(10-19-13)11-20-14(21-12-15)6-4-8-17-2/h13-14,16-17H,3-12H2,1-2H3. The van der Waals surface area contributed by atoms with Crippen molar-refractivity contribution in [1.82, 2.24) is 10.6 Å². The number of rotatable bonds is 8. The topological polar surface area (TPSA) is 61.0 Å². The van der Waals surface area contributed by atoms with E-state index >= 15 is 0 Å². The maximum absolute atomic E-state index is 5.83. The van der Waals surface area contributed by atoms with Crippen molar-refractivity contribution in [2.24, 2.45) is 5.41 Å². The van der Waals surface area contributed by atoms with Crippen molar-refractivity contribution in [3.05, 3.63) is 0 Å². The molecule has 0 bridgehead atoms. The molecule has 0 atom stereocenters. The molecule has 0 aromatic rings. The van der Waals surface area contributed by atoms with Gasteiger partial charge in [0.1, 0.15) is 0 Å². The lowest BCUT2D eigenvalue weighted by molar-refractivity contribution is -0.304. The molecule has 0 aromatic carbocycles. The van der Waals surface area contributed by atoms with E-state index in [1.165, 1.54) is 0 Å². The van der Waals surface area contributed by atoms with E-state index in [4.69, 9.17) is 18.9 Å². The fraction of sp³-hybridized carbons (Fsp3) is 1.00. The Morgan fingerprint density at radius 1 is 0.762 bits per heavy atom. The van der Waals surface area contributed by atoms with Gasteiger partial charge >= 0.3 is 0 Å². The minimum absolute atomic E-state index is 0.0719. The van der Waals surface area contributed by atoms with E-state index < -0.39 is 0 Å². The van der Waals surface area contributed by atoms with Gasteiger partial charge in [-0.1, -0.05) is 0 Å². The Bertz CT molecular complexity index is 243. The minimum Gasteiger partial charge on any atom is -0.352 e. The monoisotopic (exact) mass is 302 g/mol. The second-order valence-corrected chi connectivity index (χ2v) is 6.09. The lowest BCUT2D eigenvalue weighted by Crippen LogP contribution is -2.52. The summed E-state index contributed by atoms with van der Waals surface area (Å²) in [5.74, 6) is 0. The van der Waals surface area contributed by atoms with E-state index in [2.05, 4.69) is 10.6 Å². The molecular formula is C15H30N2O4. The quantitative estimate of drug-likeness (QED) is 0.644. The highest BCUT2D eigenvalue weighted by Crippen LogP contribution is 2.31. The van der Waals surface area contributed by atoms with E-state index in [0.29, 0.717) is 26.4 Å². The van der Waals surface area contributed by atoms with Gasteiger partial charge in [0.2, 0.25) is 0 Å². The molecule has 0 saturated carbocycles. The molecule has 2 aliphatic rings. The van der Waals surface area contributed by atoms with Gasteiger partial charge in [-0.3, -0.25) is 0 Å². The molecule has 0 aromatic heterocycles. The van der Waals surface area contributed by atoms with Crippen LogP contribution in [-0.4, -0.2) is 66.2 Å². The van der Waals surface area contributed by atoms with E-state index in [0.717, 1.165) is 38.8 Å². The van der Waals surface area contributed by atoms with Crippen LogP contribution in [0.1, 0.15) is 25.7 Å². The Balaban J connectivity index is 1.63. The maximum Gasteiger partial charge on any atom is 0.157 e. The van der Waals surface area contributed by atoms with Gasteiger partial charge in [-0.05, 0) is 52.9 Å². The molecule has 2 aliphatic heterocycles. The van der Waals surface area contributed by atoms with Gasteiger partial charge in [-0.25, -0.2) is 0 Å². The molecule has 21 heavy (non-hydrogen) atoms. The second kappa shape index (κ2) is 9.02. The van der Waals surface area contributed by atoms with Gasteiger partial charge in [0.25, 0.3) is 0 Å². The minimum atomic E-state index is -0.112. The van der Waals surface area contributed by atoms with Crippen molar-refractivity contribution in [2.45, 2.75) is 38.3 Å². The largest absolute Gasteiger partial charge is 0.352 e. The number of nitrogens with one attached hydrogen (secondary N) is 2. The van der Waals surface area contributed by atoms with Crippen LogP contribution in [0, 0.1) is 5.41 Å². The molecule has 1 spiro atoms. The van der Waals surface area contributed by atoms with Crippen LogP contribution < -0.4 is 10.6 Å². The molecule has 2 rings (SSSR count). The third-order valence-corrected chi connectivity index (χ3v) is 4.03. The lowest BCUT2D eigenvalue weighted by atomic mass is 9.90. The first-order valence-electron chi connectivity index (χ1n) is 8.04. The average molecular weight is 302 g/mol. The summed E-state index contributed by atoms with van der Waals surface area (Å²) < 4.78 is 23.3. The summed E-state index contributed by atoms with van der Waals surface area (Å²) in [5.41, 5.74) is -0.112.